The second-order valence-electron chi connectivity index (χ2n) is 8.40. The van der Waals surface area contributed by atoms with Gasteiger partial charge in [-0.05, 0) is 56.2 Å². The van der Waals surface area contributed by atoms with Crippen molar-refractivity contribution in [2.24, 2.45) is 0 Å². The molecule has 4 rings (SSSR count). The summed E-state index contributed by atoms with van der Waals surface area (Å²) in [7, 11) is 0. The van der Waals surface area contributed by atoms with Crippen LogP contribution in [0.15, 0.2) is 55.0 Å². The average molecular weight is 448 g/mol. The van der Waals surface area contributed by atoms with Crippen molar-refractivity contribution in [2.75, 3.05) is 4.90 Å². The zero-order chi connectivity index (χ0) is 24.5. The molecule has 1 amide bonds. The van der Waals surface area contributed by atoms with Gasteiger partial charge in [0, 0.05) is 36.8 Å². The predicted molar refractivity (Wildman–Crippen MR) is 128 cm³/mol. The molecular formula is C26H21N7O. The summed E-state index contributed by atoms with van der Waals surface area (Å²) in [6.07, 6.45) is 4.80. The number of carbonyl (C=O) groups is 1. The molecule has 8 heteroatoms. The van der Waals surface area contributed by atoms with Crippen LogP contribution < -0.4 is 4.90 Å². The third kappa shape index (κ3) is 4.05. The van der Waals surface area contributed by atoms with Gasteiger partial charge in [0.05, 0.1) is 28.4 Å². The Hall–Kier alpha value is -4.69. The standard InChI is InChI=1S/C26H21N7O/c1-16-12-29-22-10-9-21(18-13-30-23(11-27)31-14-18)32-24(22)25(16)33(17(2)34)20-7-5-19(6-8-20)26(3,4)15-28/h5-10,12-14H,1-4H3. The second kappa shape index (κ2) is 8.68. The fourth-order valence-corrected chi connectivity index (χ4v) is 3.67. The number of aromatic nitrogens is 4. The largest absolute Gasteiger partial charge is 0.279 e. The summed E-state index contributed by atoms with van der Waals surface area (Å²) in [5, 5.41) is 18.4. The van der Waals surface area contributed by atoms with Crippen molar-refractivity contribution >= 4 is 28.3 Å². The number of nitriles is 2. The maximum Gasteiger partial charge on any atom is 0.232 e. The maximum atomic E-state index is 12.9. The van der Waals surface area contributed by atoms with E-state index in [2.05, 4.69) is 21.0 Å². The number of carbonyl (C=O) groups excluding carboxylic acids is 1. The van der Waals surface area contributed by atoms with Crippen molar-refractivity contribution in [3.05, 3.63) is 71.9 Å². The predicted octanol–water partition coefficient (Wildman–Crippen LogP) is 4.75. The number of pyridine rings is 2. The summed E-state index contributed by atoms with van der Waals surface area (Å²) in [5.41, 5.74) is 4.72. The van der Waals surface area contributed by atoms with Gasteiger partial charge >= 0.3 is 0 Å². The van der Waals surface area contributed by atoms with E-state index in [1.165, 1.54) is 6.92 Å². The van der Waals surface area contributed by atoms with Gasteiger partial charge in [0.2, 0.25) is 11.7 Å². The lowest BCUT2D eigenvalue weighted by molar-refractivity contribution is -0.115. The Kier molecular flexibility index (Phi) is 5.75. The quantitative estimate of drug-likeness (QED) is 0.442. The molecule has 166 valence electrons. The fraction of sp³-hybridized carbons (Fsp3) is 0.192. The van der Waals surface area contributed by atoms with Gasteiger partial charge in [-0.15, -0.1) is 0 Å². The summed E-state index contributed by atoms with van der Waals surface area (Å²) in [6, 6.07) is 15.2. The molecule has 4 aromatic rings. The van der Waals surface area contributed by atoms with Crippen LogP contribution in [0.5, 0.6) is 0 Å². The number of aryl methyl sites for hydroxylation is 1. The Morgan fingerprint density at radius 1 is 0.971 bits per heavy atom. The van der Waals surface area contributed by atoms with Crippen LogP contribution in [0, 0.1) is 29.6 Å². The van der Waals surface area contributed by atoms with Crippen LogP contribution in [0.25, 0.3) is 22.3 Å². The first kappa shape index (κ1) is 22.5. The molecule has 0 aliphatic rings. The lowest BCUT2D eigenvalue weighted by Gasteiger charge is -2.25. The van der Waals surface area contributed by atoms with Crippen LogP contribution in [-0.4, -0.2) is 25.8 Å². The van der Waals surface area contributed by atoms with Crippen LogP contribution in [0.4, 0.5) is 11.4 Å². The Bertz CT molecular complexity index is 1480. The highest BCUT2D eigenvalue weighted by Crippen LogP contribution is 2.35. The van der Waals surface area contributed by atoms with E-state index in [0.29, 0.717) is 33.7 Å². The minimum atomic E-state index is -0.640. The van der Waals surface area contributed by atoms with Crippen LogP contribution >= 0.6 is 0 Å². The summed E-state index contributed by atoms with van der Waals surface area (Å²) < 4.78 is 0. The zero-order valence-electron chi connectivity index (χ0n) is 19.2. The lowest BCUT2D eigenvalue weighted by atomic mass is 9.86. The normalized spacial score (nSPS) is 11.0. The number of hydrogen-bond donors (Lipinski definition) is 0. The summed E-state index contributed by atoms with van der Waals surface area (Å²) in [4.78, 5) is 31.8. The molecule has 0 aliphatic carbocycles. The molecule has 0 spiro atoms. The van der Waals surface area contributed by atoms with Crippen molar-refractivity contribution < 1.29 is 4.79 Å². The van der Waals surface area contributed by atoms with E-state index in [4.69, 9.17) is 10.2 Å². The van der Waals surface area contributed by atoms with Crippen molar-refractivity contribution in [2.45, 2.75) is 33.1 Å². The van der Waals surface area contributed by atoms with Gasteiger partial charge < -0.3 is 0 Å². The molecular weight excluding hydrogens is 426 g/mol. The van der Waals surface area contributed by atoms with Gasteiger partial charge in [0.25, 0.3) is 0 Å². The van der Waals surface area contributed by atoms with Gasteiger partial charge in [0.1, 0.15) is 11.6 Å². The highest BCUT2D eigenvalue weighted by atomic mass is 16.2. The molecule has 0 bridgehead atoms. The highest BCUT2D eigenvalue weighted by Gasteiger charge is 2.23. The molecule has 3 aromatic heterocycles. The van der Waals surface area contributed by atoms with E-state index >= 15 is 0 Å². The van der Waals surface area contributed by atoms with Gasteiger partial charge in [0.15, 0.2) is 0 Å². The highest BCUT2D eigenvalue weighted by molar-refractivity contribution is 6.06. The van der Waals surface area contributed by atoms with Crippen LogP contribution in [0.3, 0.4) is 0 Å². The van der Waals surface area contributed by atoms with Gasteiger partial charge in [-0.25, -0.2) is 15.0 Å². The molecule has 8 nitrogen and oxygen atoms in total. The first-order valence-electron chi connectivity index (χ1n) is 10.6. The zero-order valence-corrected chi connectivity index (χ0v) is 19.2. The van der Waals surface area contributed by atoms with E-state index in [1.54, 1.807) is 29.6 Å². The minimum absolute atomic E-state index is 0.0773. The number of nitrogens with zero attached hydrogens (tertiary/aromatic N) is 7. The van der Waals surface area contributed by atoms with Gasteiger partial charge in [-0.1, -0.05) is 12.1 Å². The molecule has 0 radical (unpaired) electrons. The van der Waals surface area contributed by atoms with Crippen molar-refractivity contribution in [3.8, 4) is 23.4 Å². The summed E-state index contributed by atoms with van der Waals surface area (Å²) in [5.74, 6) is -0.106. The average Bonchev–Trinajstić information content (AvgIpc) is 2.85. The molecule has 0 fully saturated rings. The molecule has 0 saturated carbocycles. The van der Waals surface area contributed by atoms with Crippen molar-refractivity contribution in [3.63, 3.8) is 0 Å². The third-order valence-electron chi connectivity index (χ3n) is 5.58. The Morgan fingerprint density at radius 2 is 1.65 bits per heavy atom. The van der Waals surface area contributed by atoms with Crippen LogP contribution in [0.2, 0.25) is 0 Å². The maximum absolute atomic E-state index is 12.9. The van der Waals surface area contributed by atoms with Gasteiger partial charge in [-0.3, -0.25) is 14.7 Å². The number of hydrogen-bond acceptors (Lipinski definition) is 7. The van der Waals surface area contributed by atoms with E-state index in [0.717, 1.165) is 11.1 Å². The molecule has 0 N–H and O–H groups in total. The number of anilines is 2. The molecule has 0 unspecified atom stereocenters. The molecule has 34 heavy (non-hydrogen) atoms. The van der Waals surface area contributed by atoms with Gasteiger partial charge in [-0.2, -0.15) is 10.5 Å². The fourth-order valence-electron chi connectivity index (χ4n) is 3.67. The molecule has 0 atom stereocenters. The monoisotopic (exact) mass is 447 g/mol. The number of fused-ring (bicyclic) bond motifs is 1. The molecule has 1 aromatic carbocycles. The summed E-state index contributed by atoms with van der Waals surface area (Å²) >= 11 is 0. The number of amides is 1. The topological polar surface area (TPSA) is 119 Å². The van der Waals surface area contributed by atoms with Crippen LogP contribution in [-0.2, 0) is 10.2 Å². The van der Waals surface area contributed by atoms with E-state index in [1.807, 2.05) is 57.2 Å². The van der Waals surface area contributed by atoms with Crippen molar-refractivity contribution in [1.82, 2.24) is 19.9 Å². The SMILES string of the molecule is CC(=O)N(c1ccc(C(C)(C)C#N)cc1)c1c(C)cnc2ccc(-c3cnc(C#N)nc3)nc12. The number of benzene rings is 1. The first-order valence-corrected chi connectivity index (χ1v) is 10.6. The molecule has 0 saturated heterocycles. The second-order valence-corrected chi connectivity index (χ2v) is 8.40. The Balaban J connectivity index is 1.88. The Morgan fingerprint density at radius 3 is 2.24 bits per heavy atom. The third-order valence-corrected chi connectivity index (χ3v) is 5.58. The first-order chi connectivity index (χ1) is 16.2. The molecule has 3 heterocycles. The summed E-state index contributed by atoms with van der Waals surface area (Å²) in [6.45, 7) is 7.08. The van der Waals surface area contributed by atoms with E-state index < -0.39 is 5.41 Å². The van der Waals surface area contributed by atoms with E-state index in [-0.39, 0.29) is 11.7 Å². The lowest BCUT2D eigenvalue weighted by Crippen LogP contribution is -2.24. The molecule has 0 aliphatic heterocycles. The smallest absolute Gasteiger partial charge is 0.232 e. The van der Waals surface area contributed by atoms with E-state index in [9.17, 15) is 10.1 Å². The van der Waals surface area contributed by atoms with Crippen LogP contribution in [0.1, 0.15) is 37.7 Å². The van der Waals surface area contributed by atoms with Crippen molar-refractivity contribution in [1.29, 1.82) is 10.5 Å². The number of rotatable bonds is 4. The minimum Gasteiger partial charge on any atom is -0.279 e. The Labute approximate surface area is 197 Å².